The van der Waals surface area contributed by atoms with Gasteiger partial charge >= 0.3 is 0 Å². The molecule has 0 radical (unpaired) electrons. The number of benzene rings is 1. The van der Waals surface area contributed by atoms with Crippen molar-refractivity contribution in [3.63, 3.8) is 0 Å². The summed E-state index contributed by atoms with van der Waals surface area (Å²) in [5.74, 6) is 0.887. The first kappa shape index (κ1) is 12.4. The van der Waals surface area contributed by atoms with Gasteiger partial charge in [0.2, 0.25) is 5.78 Å². The fraction of sp³-hybridized carbons (Fsp3) is 0.312. The minimum absolute atomic E-state index is 0.0804. The van der Waals surface area contributed by atoms with Crippen molar-refractivity contribution in [1.29, 1.82) is 0 Å². The van der Waals surface area contributed by atoms with E-state index in [2.05, 4.69) is 6.07 Å². The molecule has 0 bridgehead atoms. The molecule has 2 nitrogen and oxygen atoms in total. The number of thiophene rings is 1. The van der Waals surface area contributed by atoms with E-state index in [1.165, 1.54) is 16.9 Å². The zero-order valence-corrected chi connectivity index (χ0v) is 11.8. The Bertz CT molecular complexity index is 599. The number of carbonyl (C=O) groups is 1. The normalized spacial score (nSPS) is 14.4. The van der Waals surface area contributed by atoms with Gasteiger partial charge in [-0.05, 0) is 54.8 Å². The van der Waals surface area contributed by atoms with Crippen molar-refractivity contribution < 1.29 is 9.53 Å². The van der Waals surface area contributed by atoms with E-state index >= 15 is 0 Å². The molecule has 1 aliphatic heterocycles. The lowest BCUT2D eigenvalue weighted by Gasteiger charge is -2.13. The lowest BCUT2D eigenvalue weighted by molar-refractivity contribution is 0.103. The number of aryl methyl sites for hydroxylation is 2. The van der Waals surface area contributed by atoms with E-state index in [9.17, 15) is 4.79 Å². The topological polar surface area (TPSA) is 26.3 Å². The van der Waals surface area contributed by atoms with Crippen LogP contribution in [-0.4, -0.2) is 12.4 Å². The highest BCUT2D eigenvalue weighted by atomic mass is 32.1. The average Bonchev–Trinajstić information content (AvgIpc) is 2.83. The van der Waals surface area contributed by atoms with Gasteiger partial charge in [0.1, 0.15) is 5.75 Å². The van der Waals surface area contributed by atoms with Crippen LogP contribution in [0.1, 0.15) is 39.2 Å². The second-order valence-electron chi connectivity index (χ2n) is 4.91. The maximum absolute atomic E-state index is 12.6. The van der Waals surface area contributed by atoms with Gasteiger partial charge in [-0.15, -0.1) is 11.3 Å². The molecule has 0 aliphatic carbocycles. The molecule has 0 saturated heterocycles. The van der Waals surface area contributed by atoms with Gasteiger partial charge in [0.05, 0.1) is 17.0 Å². The fourth-order valence-electron chi connectivity index (χ4n) is 2.51. The summed E-state index contributed by atoms with van der Waals surface area (Å²) in [6, 6.07) is 7.88. The molecule has 1 aromatic heterocycles. The molecular formula is C16H16O2S. The van der Waals surface area contributed by atoms with Crippen LogP contribution in [0.25, 0.3) is 0 Å². The Morgan fingerprint density at radius 1 is 1.32 bits per heavy atom. The third-order valence-electron chi connectivity index (χ3n) is 3.39. The predicted molar refractivity (Wildman–Crippen MR) is 77.4 cm³/mol. The highest BCUT2D eigenvalue weighted by molar-refractivity contribution is 7.12. The summed E-state index contributed by atoms with van der Waals surface area (Å²) in [4.78, 5) is 13.4. The molecule has 98 valence electrons. The Balaban J connectivity index is 2.10. The number of fused-ring (bicyclic) bond motifs is 1. The number of ketones is 1. The van der Waals surface area contributed by atoms with Crippen LogP contribution in [0.3, 0.4) is 0 Å². The van der Waals surface area contributed by atoms with Crippen LogP contribution in [-0.2, 0) is 6.42 Å². The van der Waals surface area contributed by atoms with Gasteiger partial charge in [-0.25, -0.2) is 0 Å². The first-order valence-electron chi connectivity index (χ1n) is 6.60. The molecule has 0 unspecified atom stereocenters. The minimum atomic E-state index is 0.0804. The Morgan fingerprint density at radius 3 is 3.00 bits per heavy atom. The van der Waals surface area contributed by atoms with E-state index in [4.69, 9.17) is 4.74 Å². The molecule has 0 N–H and O–H groups in total. The first-order chi connectivity index (χ1) is 9.25. The quantitative estimate of drug-likeness (QED) is 0.772. The smallest absolute Gasteiger partial charge is 0.206 e. The number of hydrogen-bond donors (Lipinski definition) is 0. The fourth-order valence-corrected chi connectivity index (χ4v) is 3.18. The van der Waals surface area contributed by atoms with Gasteiger partial charge in [-0.2, -0.15) is 0 Å². The Labute approximate surface area is 117 Å². The summed E-state index contributed by atoms with van der Waals surface area (Å²) in [6.45, 7) is 2.75. The van der Waals surface area contributed by atoms with E-state index in [1.807, 2.05) is 30.5 Å². The van der Waals surface area contributed by atoms with Crippen molar-refractivity contribution in [2.45, 2.75) is 26.2 Å². The van der Waals surface area contributed by atoms with Gasteiger partial charge in [-0.3, -0.25) is 4.79 Å². The maximum Gasteiger partial charge on any atom is 0.206 e. The van der Waals surface area contributed by atoms with Crippen LogP contribution in [0.4, 0.5) is 0 Å². The second-order valence-corrected chi connectivity index (χ2v) is 5.86. The Morgan fingerprint density at radius 2 is 2.21 bits per heavy atom. The average molecular weight is 272 g/mol. The van der Waals surface area contributed by atoms with Crippen molar-refractivity contribution in [1.82, 2.24) is 0 Å². The number of ether oxygens (including phenoxy) is 1. The van der Waals surface area contributed by atoms with E-state index in [1.54, 1.807) is 0 Å². The van der Waals surface area contributed by atoms with Crippen molar-refractivity contribution in [2.24, 2.45) is 0 Å². The summed E-state index contributed by atoms with van der Waals surface area (Å²) in [7, 11) is 0. The summed E-state index contributed by atoms with van der Waals surface area (Å²) in [5.41, 5.74) is 3.03. The lowest BCUT2D eigenvalue weighted by atomic mass is 9.98. The number of carbonyl (C=O) groups excluding carboxylic acids is 1. The predicted octanol–water partition coefficient (Wildman–Crippen LogP) is 4.00. The van der Waals surface area contributed by atoms with Gasteiger partial charge < -0.3 is 4.74 Å². The van der Waals surface area contributed by atoms with Crippen molar-refractivity contribution in [3.05, 3.63) is 51.2 Å². The SMILES string of the molecule is Cc1cc2c(c(C(=O)c3cccs3)c1)OCCCC2. The summed E-state index contributed by atoms with van der Waals surface area (Å²) < 4.78 is 5.84. The zero-order chi connectivity index (χ0) is 13.2. The highest BCUT2D eigenvalue weighted by Crippen LogP contribution is 2.32. The third-order valence-corrected chi connectivity index (χ3v) is 4.26. The standard InChI is InChI=1S/C16H16O2S/c1-11-9-12-5-2-3-7-18-16(12)13(10-11)15(17)14-6-4-8-19-14/h4,6,8-10H,2-3,5,7H2,1H3. The molecule has 1 aliphatic rings. The molecule has 0 fully saturated rings. The molecule has 19 heavy (non-hydrogen) atoms. The molecule has 0 amide bonds. The molecule has 0 atom stereocenters. The monoisotopic (exact) mass is 272 g/mol. The van der Waals surface area contributed by atoms with Crippen LogP contribution in [0.2, 0.25) is 0 Å². The molecule has 0 saturated carbocycles. The minimum Gasteiger partial charge on any atom is -0.493 e. The van der Waals surface area contributed by atoms with Crippen LogP contribution in [0.5, 0.6) is 5.75 Å². The van der Waals surface area contributed by atoms with E-state index < -0.39 is 0 Å². The lowest BCUT2D eigenvalue weighted by Crippen LogP contribution is -2.06. The van der Waals surface area contributed by atoms with Gasteiger partial charge in [0, 0.05) is 0 Å². The van der Waals surface area contributed by atoms with Gasteiger partial charge in [-0.1, -0.05) is 12.1 Å². The van der Waals surface area contributed by atoms with E-state index in [0.29, 0.717) is 6.61 Å². The summed E-state index contributed by atoms with van der Waals surface area (Å²) >= 11 is 1.48. The van der Waals surface area contributed by atoms with Crippen molar-refractivity contribution >= 4 is 17.1 Å². The summed E-state index contributed by atoms with van der Waals surface area (Å²) in [5, 5.41) is 1.93. The van der Waals surface area contributed by atoms with Crippen LogP contribution in [0, 0.1) is 6.92 Å². The molecule has 2 aromatic rings. The summed E-state index contributed by atoms with van der Waals surface area (Å²) in [6.07, 6.45) is 3.19. The molecular weight excluding hydrogens is 256 g/mol. The number of hydrogen-bond acceptors (Lipinski definition) is 3. The molecule has 2 heterocycles. The Hall–Kier alpha value is -1.61. The number of rotatable bonds is 2. The van der Waals surface area contributed by atoms with Crippen molar-refractivity contribution in [2.75, 3.05) is 6.61 Å². The Kier molecular flexibility index (Phi) is 3.38. The third kappa shape index (κ3) is 2.43. The van der Waals surface area contributed by atoms with Crippen LogP contribution in [0.15, 0.2) is 29.6 Å². The highest BCUT2D eigenvalue weighted by Gasteiger charge is 2.20. The molecule has 3 rings (SSSR count). The van der Waals surface area contributed by atoms with E-state index in [-0.39, 0.29) is 5.78 Å². The molecule has 1 aromatic carbocycles. The van der Waals surface area contributed by atoms with Crippen molar-refractivity contribution in [3.8, 4) is 5.75 Å². The molecule has 3 heteroatoms. The van der Waals surface area contributed by atoms with Crippen LogP contribution < -0.4 is 4.74 Å². The largest absolute Gasteiger partial charge is 0.493 e. The van der Waals surface area contributed by atoms with E-state index in [0.717, 1.165) is 41.0 Å². The maximum atomic E-state index is 12.6. The van der Waals surface area contributed by atoms with Gasteiger partial charge in [0.25, 0.3) is 0 Å². The van der Waals surface area contributed by atoms with Crippen LogP contribution >= 0.6 is 11.3 Å². The molecule has 0 spiro atoms. The second kappa shape index (κ2) is 5.17. The zero-order valence-electron chi connectivity index (χ0n) is 10.9. The first-order valence-corrected chi connectivity index (χ1v) is 7.48. The van der Waals surface area contributed by atoms with Gasteiger partial charge in [0.15, 0.2) is 0 Å².